The van der Waals surface area contributed by atoms with Gasteiger partial charge in [-0.05, 0) is 51.2 Å². The van der Waals surface area contributed by atoms with Gasteiger partial charge in [0.2, 0.25) is 0 Å². The van der Waals surface area contributed by atoms with Crippen molar-refractivity contribution >= 4 is 10.8 Å². The number of hydrogen-bond acceptors (Lipinski definition) is 3. The van der Waals surface area contributed by atoms with Crippen molar-refractivity contribution in [3.63, 3.8) is 0 Å². The minimum Gasteiger partial charge on any atom is -0.297 e. The lowest BCUT2D eigenvalue weighted by Crippen LogP contribution is -2.45. The molecule has 3 heteroatoms. The summed E-state index contributed by atoms with van der Waals surface area (Å²) in [5.74, 6) is 0. The second-order valence-corrected chi connectivity index (χ2v) is 8.17. The number of hydrogen-bond donors (Lipinski definition) is 0. The number of piperazine rings is 1. The molecule has 2 heterocycles. The van der Waals surface area contributed by atoms with Crippen LogP contribution in [0.3, 0.4) is 0 Å². The molecule has 1 fully saturated rings. The molecule has 0 bridgehead atoms. The maximum absolute atomic E-state index is 4.11. The minimum atomic E-state index is 1.02. The van der Waals surface area contributed by atoms with Gasteiger partial charge >= 0.3 is 0 Å². The Morgan fingerprint density at radius 3 is 1.80 bits per heavy atom. The third-order valence-electron chi connectivity index (χ3n) is 6.06. The lowest BCUT2D eigenvalue weighted by molar-refractivity contribution is 0.122. The average Bonchev–Trinajstić information content (AvgIpc) is 2.81. The molecule has 1 aliphatic heterocycles. The van der Waals surface area contributed by atoms with Crippen molar-refractivity contribution in [1.29, 1.82) is 0 Å². The maximum Gasteiger partial charge on any atom is 0.0271 e. The van der Waals surface area contributed by atoms with Crippen LogP contribution in [0, 0.1) is 0 Å². The lowest BCUT2D eigenvalue weighted by Gasteiger charge is -2.34. The van der Waals surface area contributed by atoms with Gasteiger partial charge in [0.15, 0.2) is 0 Å². The van der Waals surface area contributed by atoms with Crippen LogP contribution in [-0.4, -0.2) is 41.0 Å². The Morgan fingerprint density at radius 2 is 1.13 bits per heavy atom. The van der Waals surface area contributed by atoms with Crippen molar-refractivity contribution in [2.75, 3.05) is 26.2 Å². The van der Waals surface area contributed by atoms with Crippen molar-refractivity contribution in [3.05, 3.63) is 102 Å². The Hall–Kier alpha value is -3.01. The Balaban J connectivity index is 1.18. The summed E-state index contributed by atoms with van der Waals surface area (Å²) in [6.07, 6.45) is 3.76. The fourth-order valence-corrected chi connectivity index (χ4v) is 4.28. The van der Waals surface area contributed by atoms with Gasteiger partial charge in [-0.1, -0.05) is 60.7 Å². The molecule has 0 amide bonds. The van der Waals surface area contributed by atoms with E-state index in [2.05, 4.69) is 93.6 Å². The van der Waals surface area contributed by atoms with Crippen LogP contribution in [0.2, 0.25) is 0 Å². The van der Waals surface area contributed by atoms with Crippen molar-refractivity contribution in [2.45, 2.75) is 13.1 Å². The van der Waals surface area contributed by atoms with Crippen molar-refractivity contribution in [3.8, 4) is 11.1 Å². The second kappa shape index (κ2) is 8.78. The van der Waals surface area contributed by atoms with Gasteiger partial charge < -0.3 is 0 Å². The Bertz CT molecular complexity index is 1100. The largest absolute Gasteiger partial charge is 0.297 e. The quantitative estimate of drug-likeness (QED) is 0.463. The number of aromatic nitrogens is 1. The molecule has 3 aromatic carbocycles. The molecule has 5 rings (SSSR count). The van der Waals surface area contributed by atoms with Crippen LogP contribution in [0.25, 0.3) is 21.9 Å². The third-order valence-corrected chi connectivity index (χ3v) is 6.06. The zero-order valence-electron chi connectivity index (χ0n) is 17.2. The third kappa shape index (κ3) is 4.43. The fourth-order valence-electron chi connectivity index (χ4n) is 4.28. The first-order valence-electron chi connectivity index (χ1n) is 10.8. The maximum atomic E-state index is 4.11. The smallest absolute Gasteiger partial charge is 0.0271 e. The highest BCUT2D eigenvalue weighted by Crippen LogP contribution is 2.25. The van der Waals surface area contributed by atoms with Crippen molar-refractivity contribution < 1.29 is 0 Å². The fraction of sp³-hybridized carbons (Fsp3) is 0.222. The second-order valence-electron chi connectivity index (χ2n) is 8.17. The number of pyridine rings is 1. The molecule has 0 radical (unpaired) electrons. The van der Waals surface area contributed by atoms with Gasteiger partial charge in [-0.15, -0.1) is 0 Å². The number of rotatable bonds is 5. The molecule has 30 heavy (non-hydrogen) atoms. The normalized spacial score (nSPS) is 15.5. The highest BCUT2D eigenvalue weighted by molar-refractivity contribution is 5.87. The molecule has 4 aromatic rings. The van der Waals surface area contributed by atoms with Crippen molar-refractivity contribution in [2.24, 2.45) is 0 Å². The zero-order valence-corrected chi connectivity index (χ0v) is 17.2. The highest BCUT2D eigenvalue weighted by Gasteiger charge is 2.17. The molecular weight excluding hydrogens is 366 g/mol. The molecule has 0 unspecified atom stereocenters. The van der Waals surface area contributed by atoms with Gasteiger partial charge in [0, 0.05) is 51.7 Å². The van der Waals surface area contributed by atoms with Crippen molar-refractivity contribution in [1.82, 2.24) is 14.8 Å². The van der Waals surface area contributed by atoms with Crippen LogP contribution in [-0.2, 0) is 13.1 Å². The first-order valence-corrected chi connectivity index (χ1v) is 10.8. The van der Waals surface area contributed by atoms with Crippen LogP contribution < -0.4 is 0 Å². The van der Waals surface area contributed by atoms with E-state index < -0.39 is 0 Å². The summed E-state index contributed by atoms with van der Waals surface area (Å²) in [6.45, 7) is 6.54. The molecule has 3 nitrogen and oxygen atoms in total. The van der Waals surface area contributed by atoms with Crippen LogP contribution in [0.1, 0.15) is 11.1 Å². The Morgan fingerprint density at radius 1 is 0.567 bits per heavy atom. The van der Waals surface area contributed by atoms with Gasteiger partial charge in [-0.25, -0.2) is 0 Å². The first kappa shape index (κ1) is 19.0. The number of nitrogens with zero attached hydrogens (tertiary/aromatic N) is 3. The molecule has 0 saturated carbocycles. The Kier molecular flexibility index (Phi) is 5.56. The zero-order chi connectivity index (χ0) is 20.2. The monoisotopic (exact) mass is 393 g/mol. The summed E-state index contributed by atoms with van der Waals surface area (Å²) in [7, 11) is 0. The van der Waals surface area contributed by atoms with E-state index in [1.807, 2.05) is 12.4 Å². The van der Waals surface area contributed by atoms with Crippen LogP contribution in [0.15, 0.2) is 91.3 Å². The predicted octanol–water partition coefficient (Wildman–Crippen LogP) is 5.22. The van der Waals surface area contributed by atoms with Gasteiger partial charge in [0.25, 0.3) is 0 Å². The predicted molar refractivity (Wildman–Crippen MR) is 124 cm³/mol. The van der Waals surface area contributed by atoms with Gasteiger partial charge in [-0.3, -0.25) is 14.8 Å². The minimum absolute atomic E-state index is 1.02. The molecular formula is C27H27N3. The summed E-state index contributed by atoms with van der Waals surface area (Å²) in [5, 5.41) is 2.59. The van der Waals surface area contributed by atoms with E-state index >= 15 is 0 Å². The molecule has 0 spiro atoms. The SMILES string of the molecule is c1ccc2cc(-c3ccc(CN4CCN(Cc5ccncc5)CC4)cc3)ccc2c1. The van der Waals surface area contributed by atoms with Crippen LogP contribution in [0.4, 0.5) is 0 Å². The molecule has 1 aromatic heterocycles. The summed E-state index contributed by atoms with van der Waals surface area (Å²) >= 11 is 0. The van der Waals surface area contributed by atoms with E-state index in [1.165, 1.54) is 33.0 Å². The van der Waals surface area contributed by atoms with E-state index in [9.17, 15) is 0 Å². The van der Waals surface area contributed by atoms with Crippen LogP contribution in [0.5, 0.6) is 0 Å². The first-order chi connectivity index (χ1) is 14.8. The lowest BCUT2D eigenvalue weighted by atomic mass is 10.0. The number of fused-ring (bicyclic) bond motifs is 1. The molecule has 0 atom stereocenters. The van der Waals surface area contributed by atoms with Gasteiger partial charge in [0.05, 0.1) is 0 Å². The topological polar surface area (TPSA) is 19.4 Å². The average molecular weight is 394 g/mol. The van der Waals surface area contributed by atoms with E-state index in [1.54, 1.807) is 0 Å². The molecule has 0 aliphatic carbocycles. The van der Waals surface area contributed by atoms with E-state index in [4.69, 9.17) is 0 Å². The summed E-state index contributed by atoms with van der Waals surface area (Å²) in [4.78, 5) is 9.21. The number of benzene rings is 3. The summed E-state index contributed by atoms with van der Waals surface area (Å²) < 4.78 is 0. The Labute approximate surface area is 178 Å². The summed E-state index contributed by atoms with van der Waals surface area (Å²) in [5.41, 5.74) is 5.31. The molecule has 1 aliphatic rings. The van der Waals surface area contributed by atoms with E-state index in [0.29, 0.717) is 0 Å². The van der Waals surface area contributed by atoms with Gasteiger partial charge in [-0.2, -0.15) is 0 Å². The highest BCUT2D eigenvalue weighted by atomic mass is 15.3. The molecule has 1 saturated heterocycles. The summed E-state index contributed by atoms with van der Waals surface area (Å²) in [6, 6.07) is 28.6. The molecule has 150 valence electrons. The van der Waals surface area contributed by atoms with Gasteiger partial charge in [0.1, 0.15) is 0 Å². The van der Waals surface area contributed by atoms with E-state index in [0.717, 1.165) is 39.3 Å². The van der Waals surface area contributed by atoms with Crippen LogP contribution >= 0.6 is 0 Å². The molecule has 0 N–H and O–H groups in total. The van der Waals surface area contributed by atoms with E-state index in [-0.39, 0.29) is 0 Å². The standard InChI is InChI=1S/C27H27N3/c1-2-4-26-19-27(10-9-24(26)3-1)25-7-5-22(6-8-25)20-29-15-17-30(18-16-29)21-23-11-13-28-14-12-23/h1-14,19H,15-18,20-21H2.